The second-order valence-corrected chi connectivity index (χ2v) is 4.54. The zero-order valence-corrected chi connectivity index (χ0v) is 8.94. The van der Waals surface area contributed by atoms with E-state index in [2.05, 4.69) is 26.1 Å². The molecule has 0 rings (SSSR count). The quantitative estimate of drug-likeness (QED) is 0.721. The molecule has 0 fully saturated rings. The van der Waals surface area contributed by atoms with E-state index < -0.39 is 0 Å². The topological polar surface area (TPSA) is 46.2 Å². The maximum absolute atomic E-state index is 11.1. The van der Waals surface area contributed by atoms with E-state index in [4.69, 9.17) is 0 Å². The Labute approximate surface area is 79.9 Å². The van der Waals surface area contributed by atoms with Crippen LogP contribution in [0.25, 0.3) is 0 Å². The molecule has 0 aromatic rings. The van der Waals surface area contributed by atoms with Gasteiger partial charge < -0.3 is 10.1 Å². The van der Waals surface area contributed by atoms with Gasteiger partial charge in [0.2, 0.25) is 5.91 Å². The summed E-state index contributed by atoms with van der Waals surface area (Å²) in [6.07, 6.45) is 0.654. The summed E-state index contributed by atoms with van der Waals surface area (Å²) in [5, 5.41) is 2.79. The van der Waals surface area contributed by atoms with Crippen LogP contribution in [0.15, 0.2) is 0 Å². The first-order valence-electron chi connectivity index (χ1n) is 4.57. The van der Waals surface area contributed by atoms with E-state index in [0.29, 0.717) is 19.4 Å². The fraction of sp³-hybridized carbons (Fsp3) is 0.800. The summed E-state index contributed by atoms with van der Waals surface area (Å²) in [6.45, 7) is 8.32. The monoisotopic (exact) mass is 185 g/mol. The van der Waals surface area contributed by atoms with Crippen molar-refractivity contribution in [1.82, 2.24) is 5.32 Å². The number of carbonyl (C=O) groups excluding carboxylic acids is 2. The largest absolute Gasteiger partial charge is 0.356 e. The summed E-state index contributed by atoms with van der Waals surface area (Å²) >= 11 is 0. The van der Waals surface area contributed by atoms with Gasteiger partial charge in [-0.25, -0.2) is 0 Å². The minimum Gasteiger partial charge on any atom is -0.356 e. The number of hydrogen-bond donors (Lipinski definition) is 1. The number of nitrogens with one attached hydrogen (secondary N) is 1. The second kappa shape index (κ2) is 5.00. The molecule has 1 N–H and O–H groups in total. The van der Waals surface area contributed by atoms with Gasteiger partial charge in [0.1, 0.15) is 5.78 Å². The second-order valence-electron chi connectivity index (χ2n) is 4.54. The summed E-state index contributed by atoms with van der Waals surface area (Å²) in [6, 6.07) is 0. The molecule has 0 saturated heterocycles. The molecule has 76 valence electrons. The molecule has 0 aliphatic rings. The van der Waals surface area contributed by atoms with Crippen molar-refractivity contribution < 1.29 is 9.59 Å². The maximum atomic E-state index is 11.1. The van der Waals surface area contributed by atoms with Crippen molar-refractivity contribution in [1.29, 1.82) is 0 Å². The highest BCUT2D eigenvalue weighted by Gasteiger charge is 2.11. The van der Waals surface area contributed by atoms with Crippen LogP contribution in [-0.2, 0) is 9.59 Å². The molecule has 0 spiro atoms. The summed E-state index contributed by atoms with van der Waals surface area (Å²) in [5.41, 5.74) is 0.103. The average Bonchev–Trinajstić information content (AvgIpc) is 1.95. The van der Waals surface area contributed by atoms with Gasteiger partial charge >= 0.3 is 0 Å². The van der Waals surface area contributed by atoms with Crippen molar-refractivity contribution >= 4 is 11.7 Å². The zero-order chi connectivity index (χ0) is 10.5. The van der Waals surface area contributed by atoms with Crippen LogP contribution in [0.1, 0.15) is 40.5 Å². The smallest absolute Gasteiger partial charge is 0.220 e. The highest BCUT2D eigenvalue weighted by Crippen LogP contribution is 2.10. The third-order valence-corrected chi connectivity index (χ3v) is 1.52. The highest BCUT2D eigenvalue weighted by molar-refractivity contribution is 5.83. The molecule has 0 atom stereocenters. The number of rotatable bonds is 4. The number of ketones is 1. The molecule has 3 heteroatoms. The van der Waals surface area contributed by atoms with Gasteiger partial charge in [-0.15, -0.1) is 0 Å². The van der Waals surface area contributed by atoms with Gasteiger partial charge in [0.25, 0.3) is 0 Å². The third kappa shape index (κ3) is 9.05. The van der Waals surface area contributed by atoms with Crippen LogP contribution in [0.2, 0.25) is 0 Å². The van der Waals surface area contributed by atoms with Crippen molar-refractivity contribution in [3.63, 3.8) is 0 Å². The Balaban J connectivity index is 3.58. The lowest BCUT2D eigenvalue weighted by Gasteiger charge is -2.18. The first-order chi connectivity index (χ1) is 5.81. The van der Waals surface area contributed by atoms with E-state index in [-0.39, 0.29) is 17.1 Å². The van der Waals surface area contributed by atoms with Gasteiger partial charge in [-0.3, -0.25) is 4.79 Å². The Kier molecular flexibility index (Phi) is 4.67. The fourth-order valence-electron chi connectivity index (χ4n) is 0.742. The van der Waals surface area contributed by atoms with Crippen molar-refractivity contribution in [3.05, 3.63) is 0 Å². The number of carbonyl (C=O) groups is 2. The zero-order valence-electron chi connectivity index (χ0n) is 8.94. The lowest BCUT2D eigenvalue weighted by Crippen LogP contribution is -2.32. The van der Waals surface area contributed by atoms with E-state index in [1.54, 1.807) is 0 Å². The molecule has 1 amide bonds. The standard InChI is InChI=1S/C10H19NO2/c1-8(12)5-6-9(13)11-7-10(2,3)4/h5-7H2,1-4H3,(H,11,13). The van der Waals surface area contributed by atoms with E-state index in [9.17, 15) is 9.59 Å². The lowest BCUT2D eigenvalue weighted by molar-refractivity contribution is -0.124. The SMILES string of the molecule is CC(=O)CCC(=O)NCC(C)(C)C. The normalized spacial score (nSPS) is 11.1. The van der Waals surface area contributed by atoms with E-state index in [0.717, 1.165) is 0 Å². The molecule has 0 bridgehead atoms. The first kappa shape index (κ1) is 12.1. The van der Waals surface area contributed by atoms with Crippen LogP contribution in [0, 0.1) is 5.41 Å². The third-order valence-electron chi connectivity index (χ3n) is 1.52. The number of Topliss-reactive ketones (excluding diaryl/α,β-unsaturated/α-hetero) is 1. The summed E-state index contributed by atoms with van der Waals surface area (Å²) in [7, 11) is 0. The number of amides is 1. The number of hydrogen-bond acceptors (Lipinski definition) is 2. The lowest BCUT2D eigenvalue weighted by atomic mass is 9.97. The molecule has 0 aromatic carbocycles. The van der Waals surface area contributed by atoms with Crippen LogP contribution in [0.4, 0.5) is 0 Å². The highest BCUT2D eigenvalue weighted by atomic mass is 16.2. The van der Waals surface area contributed by atoms with Gasteiger partial charge in [-0.05, 0) is 12.3 Å². The van der Waals surface area contributed by atoms with Crippen molar-refractivity contribution in [2.75, 3.05) is 6.54 Å². The molecular formula is C10H19NO2. The first-order valence-corrected chi connectivity index (χ1v) is 4.57. The molecule has 3 nitrogen and oxygen atoms in total. The van der Waals surface area contributed by atoms with Gasteiger partial charge in [0, 0.05) is 19.4 Å². The van der Waals surface area contributed by atoms with Crippen LogP contribution in [0.3, 0.4) is 0 Å². The molecule has 0 radical (unpaired) electrons. The van der Waals surface area contributed by atoms with Gasteiger partial charge in [-0.2, -0.15) is 0 Å². The molecule has 0 unspecified atom stereocenters. The minimum absolute atomic E-state index is 0.0369. The van der Waals surface area contributed by atoms with Crippen LogP contribution >= 0.6 is 0 Å². The molecular weight excluding hydrogens is 166 g/mol. The van der Waals surface area contributed by atoms with Crippen LogP contribution < -0.4 is 5.32 Å². The molecule has 0 aliphatic carbocycles. The molecule has 0 aromatic heterocycles. The minimum atomic E-state index is -0.0369. The predicted octanol–water partition coefficient (Wildman–Crippen LogP) is 1.52. The average molecular weight is 185 g/mol. The van der Waals surface area contributed by atoms with E-state index in [1.807, 2.05) is 0 Å². The van der Waals surface area contributed by atoms with Crippen molar-refractivity contribution in [2.24, 2.45) is 5.41 Å². The summed E-state index contributed by atoms with van der Waals surface area (Å²) < 4.78 is 0. The Bertz CT molecular complexity index is 192. The Morgan fingerprint density at radius 1 is 1.15 bits per heavy atom. The molecule has 13 heavy (non-hydrogen) atoms. The van der Waals surface area contributed by atoms with Crippen LogP contribution in [-0.4, -0.2) is 18.2 Å². The molecule has 0 heterocycles. The van der Waals surface area contributed by atoms with Gasteiger partial charge in [0.05, 0.1) is 0 Å². The fourth-order valence-corrected chi connectivity index (χ4v) is 0.742. The van der Waals surface area contributed by atoms with Gasteiger partial charge in [0.15, 0.2) is 0 Å². The Morgan fingerprint density at radius 2 is 1.69 bits per heavy atom. The summed E-state index contributed by atoms with van der Waals surface area (Å²) in [4.78, 5) is 21.7. The Morgan fingerprint density at radius 3 is 2.08 bits per heavy atom. The van der Waals surface area contributed by atoms with Crippen LogP contribution in [0.5, 0.6) is 0 Å². The summed E-state index contributed by atoms with van der Waals surface area (Å²) in [5.74, 6) is 0.0241. The Hall–Kier alpha value is -0.860. The molecule has 0 aliphatic heterocycles. The predicted molar refractivity (Wildman–Crippen MR) is 52.4 cm³/mol. The van der Waals surface area contributed by atoms with Gasteiger partial charge in [-0.1, -0.05) is 20.8 Å². The maximum Gasteiger partial charge on any atom is 0.220 e. The van der Waals surface area contributed by atoms with Crippen molar-refractivity contribution in [3.8, 4) is 0 Å². The van der Waals surface area contributed by atoms with E-state index >= 15 is 0 Å². The van der Waals surface area contributed by atoms with Crippen molar-refractivity contribution in [2.45, 2.75) is 40.5 Å². The molecule has 0 saturated carbocycles. The van der Waals surface area contributed by atoms with E-state index in [1.165, 1.54) is 6.92 Å².